The van der Waals surface area contributed by atoms with Gasteiger partial charge >= 0.3 is 0 Å². The zero-order valence-electron chi connectivity index (χ0n) is 19.2. The second kappa shape index (κ2) is 10.9. The van der Waals surface area contributed by atoms with Crippen LogP contribution in [-0.2, 0) is 22.5 Å². The molecule has 0 saturated carbocycles. The highest BCUT2D eigenvalue weighted by Gasteiger charge is 2.22. The number of rotatable bonds is 8. The van der Waals surface area contributed by atoms with Crippen molar-refractivity contribution in [1.82, 2.24) is 0 Å². The Morgan fingerprint density at radius 1 is 0.778 bits per heavy atom. The largest absolute Gasteiger partial charge is 0.755 e. The van der Waals surface area contributed by atoms with Crippen LogP contribution in [-0.4, -0.2) is 23.4 Å². The molecule has 0 radical (unpaired) electrons. The highest BCUT2D eigenvalue weighted by atomic mass is 32.2. The SMILES string of the molecule is Cc1ccc(N(c2ccc(NC(=O)c3ccco3)cc2N(c2ccc(C)cc2)S(=O)[O-])S(=O)[O-])cc1. The molecule has 36 heavy (non-hydrogen) atoms. The normalized spacial score (nSPS) is 12.6. The summed E-state index contributed by atoms with van der Waals surface area (Å²) in [5, 5.41) is 2.65. The van der Waals surface area contributed by atoms with Gasteiger partial charge in [-0.25, -0.2) is 0 Å². The van der Waals surface area contributed by atoms with Gasteiger partial charge in [0.25, 0.3) is 5.91 Å². The Morgan fingerprint density at radius 2 is 1.31 bits per heavy atom. The van der Waals surface area contributed by atoms with Crippen LogP contribution >= 0.6 is 0 Å². The number of nitrogens with one attached hydrogen (secondary N) is 1. The van der Waals surface area contributed by atoms with Crippen LogP contribution in [0.1, 0.15) is 21.7 Å². The molecule has 1 aromatic heterocycles. The third-order valence-electron chi connectivity index (χ3n) is 5.25. The molecule has 2 atom stereocenters. The molecular formula is C25H21N3O6S2-2. The van der Waals surface area contributed by atoms with Crippen LogP contribution in [0.15, 0.2) is 89.5 Å². The van der Waals surface area contributed by atoms with Crippen molar-refractivity contribution >= 4 is 56.9 Å². The number of furan rings is 1. The number of carbonyl (C=O) groups is 1. The van der Waals surface area contributed by atoms with Gasteiger partial charge in [0.15, 0.2) is 5.76 Å². The smallest absolute Gasteiger partial charge is 0.291 e. The van der Waals surface area contributed by atoms with Gasteiger partial charge in [0.05, 0.1) is 51.5 Å². The number of nitrogens with zero attached hydrogens (tertiary/aromatic N) is 2. The lowest BCUT2D eigenvalue weighted by molar-refractivity contribution is 0.0996. The molecule has 11 heteroatoms. The molecule has 4 aromatic rings. The lowest BCUT2D eigenvalue weighted by Crippen LogP contribution is -2.26. The summed E-state index contributed by atoms with van der Waals surface area (Å²) in [6.45, 7) is 3.72. The molecule has 9 nitrogen and oxygen atoms in total. The van der Waals surface area contributed by atoms with Crippen molar-refractivity contribution in [2.75, 3.05) is 13.9 Å². The van der Waals surface area contributed by atoms with Gasteiger partial charge in [-0.2, -0.15) is 0 Å². The predicted molar refractivity (Wildman–Crippen MR) is 138 cm³/mol. The molecular weight excluding hydrogens is 502 g/mol. The van der Waals surface area contributed by atoms with Crippen LogP contribution in [0.5, 0.6) is 0 Å². The van der Waals surface area contributed by atoms with Crippen LogP contribution in [0.3, 0.4) is 0 Å². The van der Waals surface area contributed by atoms with Gasteiger partial charge in [0.1, 0.15) is 0 Å². The maximum atomic E-state index is 12.5. The summed E-state index contributed by atoms with van der Waals surface area (Å²) in [6, 6.07) is 20.8. The number of aryl methyl sites for hydroxylation is 2. The Hall–Kier alpha value is -3.77. The lowest BCUT2D eigenvalue weighted by Gasteiger charge is -2.34. The van der Waals surface area contributed by atoms with E-state index in [1.807, 2.05) is 13.8 Å². The zero-order chi connectivity index (χ0) is 25.8. The molecule has 1 N–H and O–H groups in total. The molecule has 4 rings (SSSR count). The fourth-order valence-electron chi connectivity index (χ4n) is 3.51. The minimum absolute atomic E-state index is 0.00852. The molecule has 0 spiro atoms. The van der Waals surface area contributed by atoms with E-state index in [2.05, 4.69) is 5.32 Å². The van der Waals surface area contributed by atoms with Gasteiger partial charge in [0.2, 0.25) is 0 Å². The first kappa shape index (κ1) is 25.3. The quantitative estimate of drug-likeness (QED) is 0.323. The lowest BCUT2D eigenvalue weighted by atomic mass is 10.1. The van der Waals surface area contributed by atoms with Crippen molar-refractivity contribution in [2.45, 2.75) is 13.8 Å². The maximum Gasteiger partial charge on any atom is 0.291 e. The molecule has 0 aliphatic rings. The van der Waals surface area contributed by atoms with E-state index in [9.17, 15) is 22.3 Å². The van der Waals surface area contributed by atoms with E-state index < -0.39 is 28.4 Å². The molecule has 1 heterocycles. The highest BCUT2D eigenvalue weighted by molar-refractivity contribution is 7.81. The minimum atomic E-state index is -2.84. The molecule has 0 aliphatic heterocycles. The number of carbonyl (C=O) groups excluding carboxylic acids is 1. The van der Waals surface area contributed by atoms with Gasteiger partial charge < -0.3 is 18.8 Å². The highest BCUT2D eigenvalue weighted by Crippen LogP contribution is 2.41. The first-order valence-electron chi connectivity index (χ1n) is 10.7. The first-order valence-corrected chi connectivity index (χ1v) is 12.7. The first-order chi connectivity index (χ1) is 17.2. The molecule has 3 aromatic carbocycles. The molecule has 0 fully saturated rings. The summed E-state index contributed by atoms with van der Waals surface area (Å²) in [5.74, 6) is -0.489. The fraction of sp³-hybridized carbons (Fsp3) is 0.0800. The van der Waals surface area contributed by atoms with E-state index >= 15 is 0 Å². The van der Waals surface area contributed by atoms with Crippen molar-refractivity contribution < 1.29 is 26.7 Å². The van der Waals surface area contributed by atoms with Crippen molar-refractivity contribution in [3.8, 4) is 0 Å². The van der Waals surface area contributed by atoms with Gasteiger partial charge in [0, 0.05) is 5.69 Å². The topological polar surface area (TPSA) is 129 Å². The summed E-state index contributed by atoms with van der Waals surface area (Å²) < 4.78 is 56.8. The number of hydrogen-bond acceptors (Lipinski definition) is 6. The Balaban J connectivity index is 1.88. The van der Waals surface area contributed by atoms with Crippen LogP contribution in [0, 0.1) is 13.8 Å². The number of hydrogen-bond donors (Lipinski definition) is 1. The van der Waals surface area contributed by atoms with E-state index in [4.69, 9.17) is 4.42 Å². The Morgan fingerprint density at radius 3 is 1.78 bits per heavy atom. The monoisotopic (exact) mass is 523 g/mol. The standard InChI is InChI=1S/C25H23N3O6S2/c1-17-5-10-20(11-6-17)27(35(30)31)22-14-9-19(26-25(29)24-4-3-15-34-24)16-23(22)28(36(32)33)21-12-7-18(2)8-13-21/h3-16H,1-2H3,(H,26,29)(H,30,31)(H,32,33)/p-2. The van der Waals surface area contributed by atoms with Crippen LogP contribution in [0.25, 0.3) is 0 Å². The van der Waals surface area contributed by atoms with E-state index in [1.165, 1.54) is 30.5 Å². The van der Waals surface area contributed by atoms with Crippen molar-refractivity contribution in [3.63, 3.8) is 0 Å². The van der Waals surface area contributed by atoms with Crippen LogP contribution in [0.2, 0.25) is 0 Å². The maximum absolute atomic E-state index is 12.5. The summed E-state index contributed by atoms with van der Waals surface area (Å²) >= 11 is -5.64. The molecule has 186 valence electrons. The van der Waals surface area contributed by atoms with E-state index in [0.29, 0.717) is 5.69 Å². The second-order valence-corrected chi connectivity index (χ2v) is 9.43. The average molecular weight is 524 g/mol. The van der Waals surface area contributed by atoms with E-state index in [-0.39, 0.29) is 28.5 Å². The summed E-state index contributed by atoms with van der Waals surface area (Å²) in [6.07, 6.45) is 1.35. The van der Waals surface area contributed by atoms with Gasteiger partial charge in [-0.15, -0.1) is 0 Å². The Bertz CT molecular complexity index is 1410. The molecule has 0 aliphatic carbocycles. The number of anilines is 5. The summed E-state index contributed by atoms with van der Waals surface area (Å²) in [7, 11) is 0. The predicted octanol–water partition coefficient (Wildman–Crippen LogP) is 5.01. The number of amides is 1. The van der Waals surface area contributed by atoms with E-state index in [0.717, 1.165) is 19.7 Å². The summed E-state index contributed by atoms with van der Waals surface area (Å²) in [4.78, 5) is 12.5. The molecule has 1 amide bonds. The Labute approximate surface area is 213 Å². The van der Waals surface area contributed by atoms with Crippen molar-refractivity contribution in [3.05, 3.63) is 102 Å². The van der Waals surface area contributed by atoms with Crippen LogP contribution in [0.4, 0.5) is 28.4 Å². The van der Waals surface area contributed by atoms with E-state index in [1.54, 1.807) is 54.6 Å². The Kier molecular flexibility index (Phi) is 7.65. The molecule has 0 saturated heterocycles. The molecule has 2 unspecified atom stereocenters. The van der Waals surface area contributed by atoms with Gasteiger partial charge in [-0.1, -0.05) is 35.4 Å². The van der Waals surface area contributed by atoms with Gasteiger partial charge in [-0.05, 0) is 68.4 Å². The minimum Gasteiger partial charge on any atom is -0.755 e. The molecule has 0 bridgehead atoms. The number of benzene rings is 3. The third-order valence-corrected chi connectivity index (χ3v) is 6.66. The van der Waals surface area contributed by atoms with Crippen molar-refractivity contribution in [1.29, 1.82) is 0 Å². The summed E-state index contributed by atoms with van der Waals surface area (Å²) in [5.41, 5.74) is 2.74. The van der Waals surface area contributed by atoms with Crippen LogP contribution < -0.4 is 13.9 Å². The fourth-order valence-corrected chi connectivity index (χ4v) is 4.72. The third kappa shape index (κ3) is 5.55. The van der Waals surface area contributed by atoms with Crippen molar-refractivity contribution in [2.24, 2.45) is 0 Å². The average Bonchev–Trinajstić information content (AvgIpc) is 3.38. The zero-order valence-corrected chi connectivity index (χ0v) is 20.9. The second-order valence-electron chi connectivity index (χ2n) is 7.83. The van der Waals surface area contributed by atoms with Gasteiger partial charge in [-0.3, -0.25) is 21.8 Å².